The second-order valence-electron chi connectivity index (χ2n) is 3.48. The molecule has 1 rings (SSSR count). The van der Waals surface area contributed by atoms with Crippen LogP contribution in [0.15, 0.2) is 24.3 Å². The first kappa shape index (κ1) is 13.6. The van der Waals surface area contributed by atoms with Crippen molar-refractivity contribution >= 4 is 0 Å². The van der Waals surface area contributed by atoms with Crippen molar-refractivity contribution in [2.45, 2.75) is 19.3 Å². The lowest BCUT2D eigenvalue weighted by atomic mass is 10.2. The van der Waals surface area contributed by atoms with Crippen LogP contribution in [0.3, 0.4) is 0 Å². The summed E-state index contributed by atoms with van der Waals surface area (Å²) in [5.41, 5.74) is 0. The maximum Gasteiger partial charge on any atom is 0.367 e. The van der Waals surface area contributed by atoms with Gasteiger partial charge in [-0.3, -0.25) is 0 Å². The van der Waals surface area contributed by atoms with Crippen LogP contribution in [0.25, 0.3) is 0 Å². The van der Waals surface area contributed by atoms with Crippen LogP contribution in [0.5, 0.6) is 11.5 Å². The van der Waals surface area contributed by atoms with Crippen LogP contribution < -0.4 is 35.9 Å². The van der Waals surface area contributed by atoms with E-state index in [9.17, 15) is 0 Å². The summed E-state index contributed by atoms with van der Waals surface area (Å²) in [6, 6.07) is 7.72. The van der Waals surface area contributed by atoms with Gasteiger partial charge in [0, 0.05) is 12.6 Å². The lowest BCUT2D eigenvalue weighted by molar-refractivity contribution is -0.442. The predicted molar refractivity (Wildman–Crippen MR) is 61.7 cm³/mol. The Morgan fingerprint density at radius 3 is 2.75 bits per heavy atom. The quantitative estimate of drug-likeness (QED) is 0.377. The summed E-state index contributed by atoms with van der Waals surface area (Å²) in [5.74, 6) is 1.72. The lowest BCUT2D eigenvalue weighted by Crippen LogP contribution is -3.42. The van der Waals surface area contributed by atoms with E-state index in [2.05, 4.69) is 3.53 Å². The number of halogens is 1. The van der Waals surface area contributed by atoms with Gasteiger partial charge in [0.2, 0.25) is 0 Å². The second-order valence-corrected chi connectivity index (χ2v) is 4.31. The fraction of sp³-hybridized carbons (Fsp3) is 0.500. The van der Waals surface area contributed by atoms with Crippen LogP contribution in [-0.2, 0) is 0 Å². The zero-order valence-electron chi connectivity index (χ0n) is 9.57. The molecule has 0 aliphatic heterocycles. The van der Waals surface area contributed by atoms with Crippen LogP contribution >= 0.6 is 0 Å². The molecule has 1 aromatic carbocycles. The first-order chi connectivity index (χ1) is 7.86. The number of benzene rings is 1. The molecule has 4 heteroatoms. The molecule has 0 bridgehead atoms. The number of ether oxygens (including phenoxy) is 2. The molecular formula is C12H19INO2+. The maximum atomic E-state index is 5.63. The minimum atomic E-state index is 0.776. The third-order valence-electron chi connectivity index (χ3n) is 2.23. The van der Waals surface area contributed by atoms with Crippen molar-refractivity contribution in [1.82, 2.24) is 3.53 Å². The van der Waals surface area contributed by atoms with Crippen molar-refractivity contribution in [2.24, 2.45) is 0 Å². The Hall–Kier alpha value is -0.490. The molecule has 1 aromatic rings. The molecule has 0 aliphatic carbocycles. The fourth-order valence-electron chi connectivity index (χ4n) is 1.36. The topological polar surface area (TPSA) is 30.5 Å². The number of rotatable bonds is 8. The Kier molecular flexibility index (Phi) is 7.33. The van der Waals surface area contributed by atoms with Gasteiger partial charge in [0.05, 0.1) is 13.7 Å². The Bertz CT molecular complexity index is 294. The van der Waals surface area contributed by atoms with Crippen molar-refractivity contribution in [2.75, 3.05) is 20.3 Å². The predicted octanol–water partition coefficient (Wildman–Crippen LogP) is -0.965. The first-order valence-corrected chi connectivity index (χ1v) is 6.65. The van der Waals surface area contributed by atoms with E-state index in [1.165, 1.54) is 12.8 Å². The van der Waals surface area contributed by atoms with Gasteiger partial charge in [-0.1, -0.05) is 6.07 Å². The molecule has 0 fully saturated rings. The largest absolute Gasteiger partial charge is 0.497 e. The summed E-state index contributed by atoms with van der Waals surface area (Å²) in [7, 11) is 1.66. The van der Waals surface area contributed by atoms with Gasteiger partial charge in [0.25, 0.3) is 0 Å². The average Bonchev–Trinajstić information content (AvgIpc) is 2.34. The molecule has 3 nitrogen and oxygen atoms in total. The van der Waals surface area contributed by atoms with E-state index in [-0.39, 0.29) is 0 Å². The maximum absolute atomic E-state index is 5.63. The molecule has 0 aromatic heterocycles. The highest BCUT2D eigenvalue weighted by atomic mass is 127. The van der Waals surface area contributed by atoms with Gasteiger partial charge in [-0.15, -0.1) is 3.53 Å². The number of hydrogen-bond acceptors (Lipinski definition) is 3. The molecule has 0 heterocycles. The van der Waals surface area contributed by atoms with Gasteiger partial charge in [-0.25, -0.2) is 0 Å². The van der Waals surface area contributed by atoms with Crippen molar-refractivity contribution in [1.29, 1.82) is 0 Å². The van der Waals surface area contributed by atoms with E-state index in [0.717, 1.165) is 31.1 Å². The zero-order valence-corrected chi connectivity index (χ0v) is 11.9. The highest BCUT2D eigenvalue weighted by Gasteiger charge is 1.96. The number of methoxy groups -OCH3 is 1. The monoisotopic (exact) mass is 336 g/mol. The van der Waals surface area contributed by atoms with E-state index in [1.54, 1.807) is 7.11 Å². The molecule has 0 radical (unpaired) electrons. The normalized spacial score (nSPS) is 10.1. The molecule has 0 unspecified atom stereocenters. The standard InChI is InChI=1S/C12H19INO2/c1-15-11-6-5-7-12(10-11)16-9-4-2-3-8-14-13/h5-7,10,13-14H,2-4,8-9H2,1H3/q+1. The van der Waals surface area contributed by atoms with Crippen LogP contribution in [-0.4, -0.2) is 20.3 Å². The Labute approximate surface area is 111 Å². The minimum Gasteiger partial charge on any atom is -0.497 e. The van der Waals surface area contributed by atoms with Gasteiger partial charge >= 0.3 is 22.9 Å². The van der Waals surface area contributed by atoms with E-state index in [4.69, 9.17) is 9.47 Å². The smallest absolute Gasteiger partial charge is 0.367 e. The molecule has 1 N–H and O–H groups in total. The van der Waals surface area contributed by atoms with Crippen molar-refractivity contribution in [3.05, 3.63) is 24.3 Å². The van der Waals surface area contributed by atoms with E-state index in [1.807, 2.05) is 47.1 Å². The second kappa shape index (κ2) is 8.64. The third kappa shape index (κ3) is 5.55. The summed E-state index contributed by atoms with van der Waals surface area (Å²) in [6.45, 7) is 1.86. The molecule has 0 aliphatic rings. The summed E-state index contributed by atoms with van der Waals surface area (Å²) in [6.07, 6.45) is 3.51. The van der Waals surface area contributed by atoms with Gasteiger partial charge in [-0.2, -0.15) is 0 Å². The SMILES string of the molecule is COc1cccc(OCCCCCN[IH+])c1. The highest BCUT2D eigenvalue weighted by Crippen LogP contribution is 2.18. The first-order valence-electron chi connectivity index (χ1n) is 5.48. The summed E-state index contributed by atoms with van der Waals surface area (Å²) >= 11 is 1.92. The molecule has 90 valence electrons. The average molecular weight is 336 g/mol. The lowest BCUT2D eigenvalue weighted by Gasteiger charge is -2.07. The summed E-state index contributed by atoms with van der Waals surface area (Å²) in [4.78, 5) is 0. The van der Waals surface area contributed by atoms with Crippen LogP contribution in [0.2, 0.25) is 0 Å². The van der Waals surface area contributed by atoms with Gasteiger partial charge < -0.3 is 9.47 Å². The highest BCUT2D eigenvalue weighted by molar-refractivity contribution is 5.32. The summed E-state index contributed by atoms with van der Waals surface area (Å²) in [5, 5.41) is 0. The Balaban J connectivity index is 2.16. The van der Waals surface area contributed by atoms with Crippen LogP contribution in [0.1, 0.15) is 19.3 Å². The van der Waals surface area contributed by atoms with Gasteiger partial charge in [-0.05, 0) is 31.4 Å². The molecule has 0 saturated carbocycles. The number of nitrogens with one attached hydrogen (secondary N) is 1. The number of unbranched alkanes of at least 4 members (excludes halogenated alkanes) is 2. The van der Waals surface area contributed by atoms with Crippen molar-refractivity contribution in [3.8, 4) is 11.5 Å². The van der Waals surface area contributed by atoms with Gasteiger partial charge in [0.1, 0.15) is 11.5 Å². The van der Waals surface area contributed by atoms with E-state index < -0.39 is 0 Å². The van der Waals surface area contributed by atoms with Crippen LogP contribution in [0, 0.1) is 0 Å². The molecule has 0 atom stereocenters. The molecule has 16 heavy (non-hydrogen) atoms. The van der Waals surface area contributed by atoms with Crippen molar-refractivity contribution in [3.63, 3.8) is 0 Å². The molecular weight excluding hydrogens is 317 g/mol. The van der Waals surface area contributed by atoms with Crippen molar-refractivity contribution < 1.29 is 32.3 Å². The Morgan fingerprint density at radius 2 is 2.00 bits per heavy atom. The fourth-order valence-corrected chi connectivity index (χ4v) is 1.77. The molecule has 0 amide bonds. The van der Waals surface area contributed by atoms with E-state index in [0.29, 0.717) is 0 Å². The molecule has 0 spiro atoms. The minimum absolute atomic E-state index is 0.776. The van der Waals surface area contributed by atoms with E-state index >= 15 is 0 Å². The number of hydrogen-bond donors (Lipinski definition) is 1. The third-order valence-corrected chi connectivity index (χ3v) is 2.82. The summed E-state index contributed by atoms with van der Waals surface area (Å²) < 4.78 is 13.9. The van der Waals surface area contributed by atoms with Gasteiger partial charge in [0.15, 0.2) is 0 Å². The van der Waals surface area contributed by atoms with Crippen LogP contribution in [0.4, 0.5) is 0 Å². The zero-order chi connectivity index (χ0) is 11.6. The molecule has 0 saturated heterocycles. The Morgan fingerprint density at radius 1 is 1.19 bits per heavy atom.